The molecule has 0 bridgehead atoms. The van der Waals surface area contributed by atoms with Gasteiger partial charge in [0.2, 0.25) is 0 Å². The van der Waals surface area contributed by atoms with Crippen LogP contribution in [0.4, 0.5) is 0 Å². The lowest BCUT2D eigenvalue weighted by Gasteiger charge is -2.06. The number of imidazole rings is 1. The second-order valence-electron chi connectivity index (χ2n) is 5.60. The third-order valence-electron chi connectivity index (χ3n) is 3.51. The topological polar surface area (TPSA) is 76.9 Å². The molecule has 0 saturated carbocycles. The fourth-order valence-electron chi connectivity index (χ4n) is 2.13. The Morgan fingerprint density at radius 3 is 2.79 bits per heavy atom. The zero-order valence-corrected chi connectivity index (χ0v) is 15.0. The molecular weight excluding hydrogens is 344 g/mol. The van der Waals surface area contributed by atoms with E-state index in [2.05, 4.69) is 14.7 Å². The summed E-state index contributed by atoms with van der Waals surface area (Å²) in [5.41, 5.74) is 1.69. The highest BCUT2D eigenvalue weighted by Gasteiger charge is 2.17. The second-order valence-corrected chi connectivity index (χ2v) is 8.27. The Hall–Kier alpha value is -2.03. The number of hydrogen-bond acceptors (Lipinski definition) is 5. The van der Waals surface area contributed by atoms with Gasteiger partial charge >= 0.3 is 0 Å². The molecule has 8 heteroatoms. The van der Waals surface area contributed by atoms with Crippen molar-refractivity contribution in [2.75, 3.05) is 0 Å². The van der Waals surface area contributed by atoms with E-state index in [9.17, 15) is 8.42 Å². The summed E-state index contributed by atoms with van der Waals surface area (Å²) in [5.74, 6) is 0. The highest BCUT2D eigenvalue weighted by molar-refractivity contribution is 7.89. The van der Waals surface area contributed by atoms with Crippen LogP contribution in [0.3, 0.4) is 0 Å². The summed E-state index contributed by atoms with van der Waals surface area (Å²) < 4.78 is 29.1. The third kappa shape index (κ3) is 3.72. The van der Waals surface area contributed by atoms with Crippen LogP contribution in [0.25, 0.3) is 10.6 Å². The Morgan fingerprint density at radius 1 is 1.29 bits per heavy atom. The van der Waals surface area contributed by atoms with Crippen LogP contribution in [0.1, 0.15) is 25.5 Å². The van der Waals surface area contributed by atoms with Crippen molar-refractivity contribution in [2.24, 2.45) is 0 Å². The molecule has 0 radical (unpaired) electrons. The average Bonchev–Trinajstić information content (AvgIpc) is 3.25. The number of pyridine rings is 1. The molecule has 3 heterocycles. The van der Waals surface area contributed by atoms with Gasteiger partial charge in [-0.05, 0) is 43.0 Å². The lowest BCUT2D eigenvalue weighted by atomic mass is 10.2. The van der Waals surface area contributed by atoms with Crippen molar-refractivity contribution in [3.05, 3.63) is 53.9 Å². The highest BCUT2D eigenvalue weighted by Crippen LogP contribution is 2.23. The maximum Gasteiger partial charge on any atom is 0.259 e. The van der Waals surface area contributed by atoms with Crippen LogP contribution in [-0.2, 0) is 16.6 Å². The van der Waals surface area contributed by atoms with Crippen molar-refractivity contribution in [3.8, 4) is 10.6 Å². The van der Waals surface area contributed by atoms with Crippen LogP contribution >= 0.6 is 11.3 Å². The Bertz CT molecular complexity index is 915. The first-order valence-corrected chi connectivity index (χ1v) is 9.84. The molecule has 3 aromatic rings. The monoisotopic (exact) mass is 362 g/mol. The highest BCUT2D eigenvalue weighted by atomic mass is 32.2. The first kappa shape index (κ1) is 16.8. The molecule has 0 aromatic carbocycles. The van der Waals surface area contributed by atoms with Gasteiger partial charge in [-0.1, -0.05) is 6.07 Å². The first-order valence-electron chi connectivity index (χ1n) is 7.47. The van der Waals surface area contributed by atoms with E-state index in [0.717, 1.165) is 16.1 Å². The normalized spacial score (nSPS) is 12.0. The maximum atomic E-state index is 12.4. The first-order chi connectivity index (χ1) is 11.5. The predicted octanol–water partition coefficient (Wildman–Crippen LogP) is 3.07. The molecule has 24 heavy (non-hydrogen) atoms. The summed E-state index contributed by atoms with van der Waals surface area (Å²) in [7, 11) is -3.64. The van der Waals surface area contributed by atoms with Gasteiger partial charge in [0.25, 0.3) is 10.0 Å². The van der Waals surface area contributed by atoms with Crippen molar-refractivity contribution >= 4 is 21.4 Å². The fraction of sp³-hybridized carbons (Fsp3) is 0.250. The van der Waals surface area contributed by atoms with E-state index >= 15 is 0 Å². The van der Waals surface area contributed by atoms with Gasteiger partial charge in [0.1, 0.15) is 0 Å². The van der Waals surface area contributed by atoms with Crippen molar-refractivity contribution in [3.63, 3.8) is 0 Å². The largest absolute Gasteiger partial charge is 0.334 e. The van der Waals surface area contributed by atoms with Gasteiger partial charge in [0.05, 0.1) is 16.9 Å². The zero-order chi connectivity index (χ0) is 17.2. The standard InChI is InChI=1S/C16H18N4O2S2/c1-12(2)20-10-16(18-11-20)24(21,22)19-9-13-5-6-17-14(8-13)15-4-3-7-23-15/h3-8,10-12,19H,9H2,1-2H3. The summed E-state index contributed by atoms with van der Waals surface area (Å²) in [6.07, 6.45) is 4.75. The third-order valence-corrected chi connectivity index (χ3v) is 5.69. The Morgan fingerprint density at radius 2 is 2.12 bits per heavy atom. The molecule has 0 unspecified atom stereocenters. The summed E-state index contributed by atoms with van der Waals surface area (Å²) in [6.45, 7) is 4.13. The molecule has 3 rings (SSSR count). The van der Waals surface area contributed by atoms with E-state index in [1.54, 1.807) is 28.2 Å². The molecule has 6 nitrogen and oxygen atoms in total. The zero-order valence-electron chi connectivity index (χ0n) is 13.4. The molecule has 0 saturated heterocycles. The number of nitrogens with one attached hydrogen (secondary N) is 1. The minimum Gasteiger partial charge on any atom is -0.334 e. The van der Waals surface area contributed by atoms with E-state index in [1.165, 1.54) is 12.5 Å². The molecule has 0 spiro atoms. The van der Waals surface area contributed by atoms with E-state index in [1.807, 2.05) is 37.4 Å². The van der Waals surface area contributed by atoms with Crippen LogP contribution < -0.4 is 4.72 Å². The van der Waals surface area contributed by atoms with Crippen molar-refractivity contribution in [1.29, 1.82) is 0 Å². The quantitative estimate of drug-likeness (QED) is 0.731. The lowest BCUT2D eigenvalue weighted by Crippen LogP contribution is -2.23. The van der Waals surface area contributed by atoms with Crippen LogP contribution in [0.5, 0.6) is 0 Å². The van der Waals surface area contributed by atoms with Gasteiger partial charge in [-0.15, -0.1) is 11.3 Å². The SMILES string of the molecule is CC(C)n1cnc(S(=O)(=O)NCc2ccnc(-c3cccs3)c2)c1. The molecular formula is C16H18N4O2S2. The van der Waals surface area contributed by atoms with Crippen molar-refractivity contribution < 1.29 is 8.42 Å². The molecule has 0 aliphatic heterocycles. The van der Waals surface area contributed by atoms with Crippen LogP contribution in [0.15, 0.2) is 53.4 Å². The second kappa shape index (κ2) is 6.84. The van der Waals surface area contributed by atoms with Crippen LogP contribution in [-0.4, -0.2) is 23.0 Å². The summed E-state index contributed by atoms with van der Waals surface area (Å²) in [6, 6.07) is 7.80. The smallest absolute Gasteiger partial charge is 0.259 e. The van der Waals surface area contributed by atoms with Gasteiger partial charge in [0.15, 0.2) is 5.03 Å². The number of hydrogen-bond donors (Lipinski definition) is 1. The van der Waals surface area contributed by atoms with Gasteiger partial charge < -0.3 is 4.57 Å². The number of aromatic nitrogens is 3. The van der Waals surface area contributed by atoms with Crippen molar-refractivity contribution in [2.45, 2.75) is 31.5 Å². The van der Waals surface area contributed by atoms with E-state index < -0.39 is 10.0 Å². The van der Waals surface area contributed by atoms with Crippen LogP contribution in [0.2, 0.25) is 0 Å². The van der Waals surface area contributed by atoms with E-state index in [4.69, 9.17) is 0 Å². The molecule has 126 valence electrons. The van der Waals surface area contributed by atoms with Gasteiger partial charge in [-0.25, -0.2) is 18.1 Å². The fourth-order valence-corrected chi connectivity index (χ4v) is 3.78. The Kier molecular flexibility index (Phi) is 4.79. The average molecular weight is 362 g/mol. The number of rotatable bonds is 6. The summed E-state index contributed by atoms with van der Waals surface area (Å²) in [4.78, 5) is 9.36. The van der Waals surface area contributed by atoms with E-state index in [-0.39, 0.29) is 17.6 Å². The van der Waals surface area contributed by atoms with Gasteiger partial charge in [-0.3, -0.25) is 4.98 Å². The van der Waals surface area contributed by atoms with Crippen molar-refractivity contribution in [1.82, 2.24) is 19.3 Å². The predicted molar refractivity (Wildman–Crippen MR) is 94.2 cm³/mol. The Balaban J connectivity index is 1.74. The minimum atomic E-state index is -3.64. The molecule has 0 fully saturated rings. The van der Waals surface area contributed by atoms with Crippen LogP contribution in [0, 0.1) is 0 Å². The minimum absolute atomic E-state index is 0.0312. The number of sulfonamides is 1. The Labute approximate surface area is 145 Å². The maximum absolute atomic E-state index is 12.4. The van der Waals surface area contributed by atoms with Gasteiger partial charge in [-0.2, -0.15) is 0 Å². The molecule has 0 amide bonds. The number of nitrogens with zero attached hydrogens (tertiary/aromatic N) is 3. The van der Waals surface area contributed by atoms with E-state index in [0.29, 0.717) is 0 Å². The number of thiophene rings is 1. The summed E-state index contributed by atoms with van der Waals surface area (Å²) in [5, 5.41) is 2.01. The molecule has 0 aliphatic rings. The van der Waals surface area contributed by atoms with Gasteiger partial charge in [0, 0.05) is 25.0 Å². The lowest BCUT2D eigenvalue weighted by molar-refractivity contribution is 0.576. The molecule has 0 aliphatic carbocycles. The summed E-state index contributed by atoms with van der Waals surface area (Å²) >= 11 is 1.60. The molecule has 0 atom stereocenters. The molecule has 1 N–H and O–H groups in total. The molecule has 3 aromatic heterocycles.